The molecule has 0 unspecified atom stereocenters. The third-order valence-corrected chi connectivity index (χ3v) is 2.28. The van der Waals surface area contributed by atoms with Crippen LogP contribution in [0.4, 0.5) is 0 Å². The number of alkyl halides is 1. The number of nitriles is 1. The molecule has 0 aromatic heterocycles. The predicted octanol–water partition coefficient (Wildman–Crippen LogP) is 1.97. The van der Waals surface area contributed by atoms with Crippen LogP contribution in [-0.2, 0) is 4.43 Å². The molecule has 0 N–H and O–H groups in total. The van der Waals surface area contributed by atoms with Crippen molar-refractivity contribution in [3.8, 4) is 6.07 Å². The third kappa shape index (κ3) is 9.96. The zero-order valence-electron chi connectivity index (χ0n) is 6.48. The van der Waals surface area contributed by atoms with Crippen molar-refractivity contribution in [2.75, 3.05) is 12.5 Å². The Kier molecular flexibility index (Phi) is 9.92. The largest absolute Gasteiger partial charge is 0.417 e. The minimum absolute atomic E-state index is 0.556. The van der Waals surface area contributed by atoms with Gasteiger partial charge in [0.25, 0.3) is 0 Å². The molecule has 0 aromatic rings. The standard InChI is InChI=1S/C7H12ClNOSi/c8-4-3-7-11-10-6-2-1-5-9/h1-4,6-7H2. The first kappa shape index (κ1) is 11.0. The summed E-state index contributed by atoms with van der Waals surface area (Å²) in [6.45, 7) is 0.717. The average molecular weight is 190 g/mol. The topological polar surface area (TPSA) is 33.0 Å². The lowest BCUT2D eigenvalue weighted by molar-refractivity contribution is 0.329. The average Bonchev–Trinajstić information content (AvgIpc) is 2.03. The Bertz CT molecular complexity index is 115. The van der Waals surface area contributed by atoms with E-state index in [-0.39, 0.29) is 0 Å². The van der Waals surface area contributed by atoms with E-state index in [1.165, 1.54) is 0 Å². The van der Waals surface area contributed by atoms with Crippen LogP contribution in [0.3, 0.4) is 0 Å². The number of halogens is 1. The van der Waals surface area contributed by atoms with E-state index in [4.69, 9.17) is 21.3 Å². The van der Waals surface area contributed by atoms with Gasteiger partial charge in [0.2, 0.25) is 9.76 Å². The summed E-state index contributed by atoms with van der Waals surface area (Å²) in [5, 5.41) is 8.19. The van der Waals surface area contributed by atoms with E-state index in [2.05, 4.69) is 6.07 Å². The monoisotopic (exact) mass is 189 g/mol. The highest BCUT2D eigenvalue weighted by Crippen LogP contribution is 1.93. The van der Waals surface area contributed by atoms with Crippen molar-refractivity contribution < 1.29 is 4.43 Å². The van der Waals surface area contributed by atoms with Crippen molar-refractivity contribution in [3.05, 3.63) is 0 Å². The van der Waals surface area contributed by atoms with Gasteiger partial charge in [-0.1, -0.05) is 0 Å². The molecule has 0 aliphatic carbocycles. The molecule has 0 aromatic carbocycles. The van der Waals surface area contributed by atoms with E-state index >= 15 is 0 Å². The van der Waals surface area contributed by atoms with Gasteiger partial charge in [0, 0.05) is 18.9 Å². The minimum Gasteiger partial charge on any atom is -0.417 e. The lowest BCUT2D eigenvalue weighted by Gasteiger charge is -1.98. The quantitative estimate of drug-likeness (QED) is 0.349. The van der Waals surface area contributed by atoms with Crippen molar-refractivity contribution in [2.24, 2.45) is 0 Å². The van der Waals surface area contributed by atoms with E-state index in [9.17, 15) is 0 Å². The summed E-state index contributed by atoms with van der Waals surface area (Å²) in [7, 11) is 0.556. The molecule has 62 valence electrons. The fourth-order valence-electron chi connectivity index (χ4n) is 0.507. The van der Waals surface area contributed by atoms with Crippen LogP contribution in [0.1, 0.15) is 19.3 Å². The molecule has 0 amide bonds. The second-order valence-electron chi connectivity index (χ2n) is 2.05. The number of nitrogens with zero attached hydrogens (tertiary/aromatic N) is 1. The van der Waals surface area contributed by atoms with E-state index < -0.39 is 0 Å². The van der Waals surface area contributed by atoms with Crippen LogP contribution in [0.5, 0.6) is 0 Å². The maximum atomic E-state index is 8.19. The van der Waals surface area contributed by atoms with Gasteiger partial charge in [-0.2, -0.15) is 5.26 Å². The van der Waals surface area contributed by atoms with Gasteiger partial charge in [0.05, 0.1) is 6.07 Å². The summed E-state index contributed by atoms with van der Waals surface area (Å²) in [4.78, 5) is 0. The molecule has 0 fully saturated rings. The predicted molar refractivity (Wildman–Crippen MR) is 46.7 cm³/mol. The second-order valence-corrected chi connectivity index (χ2v) is 3.50. The molecule has 4 heteroatoms. The fraction of sp³-hybridized carbons (Fsp3) is 0.857. The first-order valence-corrected chi connectivity index (χ1v) is 5.34. The van der Waals surface area contributed by atoms with Crippen molar-refractivity contribution in [1.29, 1.82) is 5.26 Å². The molecule has 0 aliphatic heterocycles. The maximum Gasteiger partial charge on any atom is 0.229 e. The lowest BCUT2D eigenvalue weighted by Crippen LogP contribution is -2.00. The van der Waals surface area contributed by atoms with E-state index in [1.54, 1.807) is 0 Å². The second kappa shape index (κ2) is 9.96. The zero-order chi connectivity index (χ0) is 8.36. The van der Waals surface area contributed by atoms with Gasteiger partial charge in [-0.25, -0.2) is 0 Å². The summed E-state index contributed by atoms with van der Waals surface area (Å²) < 4.78 is 5.26. The molecule has 0 spiro atoms. The molecule has 2 radical (unpaired) electrons. The Hall–Kier alpha value is -0.0431. The molecule has 0 heterocycles. The third-order valence-electron chi connectivity index (χ3n) is 1.05. The van der Waals surface area contributed by atoms with Crippen molar-refractivity contribution in [1.82, 2.24) is 0 Å². The molecule has 0 aliphatic rings. The number of unbranched alkanes of at least 4 members (excludes halogenated alkanes) is 1. The van der Waals surface area contributed by atoms with Crippen LogP contribution in [0.25, 0.3) is 0 Å². The molecular weight excluding hydrogens is 178 g/mol. The molecular formula is C7H12ClNOSi. The SMILES string of the molecule is N#CCCCO[Si]CCCCl. The van der Waals surface area contributed by atoms with Crippen LogP contribution in [0.15, 0.2) is 0 Å². The Labute approximate surface area is 75.4 Å². The lowest BCUT2D eigenvalue weighted by atomic mass is 10.4. The summed E-state index contributed by atoms with van der Waals surface area (Å²) >= 11 is 5.47. The molecule has 11 heavy (non-hydrogen) atoms. The van der Waals surface area contributed by atoms with Crippen LogP contribution < -0.4 is 0 Å². The molecule has 0 bridgehead atoms. The highest BCUT2D eigenvalue weighted by Gasteiger charge is 1.91. The summed E-state index contributed by atoms with van der Waals surface area (Å²) in [6.07, 6.45) is 2.47. The first-order valence-electron chi connectivity index (χ1n) is 3.69. The summed E-state index contributed by atoms with van der Waals surface area (Å²) in [6, 6.07) is 3.12. The molecule has 0 saturated heterocycles. The summed E-state index contributed by atoms with van der Waals surface area (Å²) in [5.41, 5.74) is 0. The number of hydrogen-bond acceptors (Lipinski definition) is 2. The number of rotatable bonds is 7. The van der Waals surface area contributed by atoms with Gasteiger partial charge < -0.3 is 4.43 Å². The first-order chi connectivity index (χ1) is 5.41. The Morgan fingerprint density at radius 1 is 1.45 bits per heavy atom. The number of hydrogen-bond donors (Lipinski definition) is 0. The Morgan fingerprint density at radius 2 is 2.27 bits per heavy atom. The van der Waals surface area contributed by atoms with Gasteiger partial charge in [0.1, 0.15) is 0 Å². The minimum atomic E-state index is 0.556. The van der Waals surface area contributed by atoms with Crippen LogP contribution in [-0.4, -0.2) is 22.3 Å². The Balaban J connectivity index is 2.75. The summed E-state index contributed by atoms with van der Waals surface area (Å²) in [5.74, 6) is 0.717. The normalized spacial score (nSPS) is 9.45. The highest BCUT2D eigenvalue weighted by atomic mass is 35.5. The van der Waals surface area contributed by atoms with Gasteiger partial charge >= 0.3 is 0 Å². The maximum absolute atomic E-state index is 8.19. The smallest absolute Gasteiger partial charge is 0.229 e. The van der Waals surface area contributed by atoms with E-state index in [1.807, 2.05) is 0 Å². The van der Waals surface area contributed by atoms with E-state index in [0.717, 1.165) is 18.9 Å². The van der Waals surface area contributed by atoms with Gasteiger partial charge in [-0.3, -0.25) is 0 Å². The van der Waals surface area contributed by atoms with E-state index in [0.29, 0.717) is 28.7 Å². The van der Waals surface area contributed by atoms with Gasteiger partial charge in [0.15, 0.2) is 0 Å². The van der Waals surface area contributed by atoms with Crippen molar-refractivity contribution >= 4 is 21.4 Å². The zero-order valence-corrected chi connectivity index (χ0v) is 8.23. The van der Waals surface area contributed by atoms with Crippen molar-refractivity contribution in [2.45, 2.75) is 25.3 Å². The molecule has 0 saturated carbocycles. The Morgan fingerprint density at radius 3 is 2.91 bits per heavy atom. The van der Waals surface area contributed by atoms with Crippen LogP contribution in [0, 0.1) is 11.3 Å². The highest BCUT2D eigenvalue weighted by molar-refractivity contribution is 6.27. The van der Waals surface area contributed by atoms with Gasteiger partial charge in [-0.15, -0.1) is 11.6 Å². The van der Waals surface area contributed by atoms with Crippen LogP contribution in [0.2, 0.25) is 6.04 Å². The fourth-order valence-corrected chi connectivity index (χ4v) is 1.62. The van der Waals surface area contributed by atoms with Gasteiger partial charge in [-0.05, 0) is 18.9 Å². The molecule has 0 atom stereocenters. The molecule has 0 rings (SSSR count). The van der Waals surface area contributed by atoms with Crippen molar-refractivity contribution in [3.63, 3.8) is 0 Å². The molecule has 2 nitrogen and oxygen atoms in total. The van der Waals surface area contributed by atoms with Crippen LogP contribution >= 0.6 is 11.6 Å².